The van der Waals surface area contributed by atoms with Crippen LogP contribution in [0.5, 0.6) is 0 Å². The Balaban J connectivity index is 0.00000164. The number of esters is 2. The summed E-state index contributed by atoms with van der Waals surface area (Å²) in [6.07, 6.45) is 8.93. The molecule has 9 heteroatoms. The van der Waals surface area contributed by atoms with Crippen LogP contribution in [0.3, 0.4) is 0 Å². The van der Waals surface area contributed by atoms with Crippen molar-refractivity contribution < 1.29 is 43.5 Å². The van der Waals surface area contributed by atoms with Gasteiger partial charge < -0.3 is 33.9 Å². The standard InChI is InChI=1S/C28H38O8.CH4O/c1-17-9-11-27-15-33-25(31)24(30)18(2)10-12-32-19(3)7-5-6-8-23(29)36-20-14-22(35-21(27)13-17)28(16-34-28)26(20,27)4;1-2/h5-8,13,18-22,24,30H,9-12,14-16H2,1-4H3;2H,1H3/b7-5+,8-6-;/t18?,19?,20?,21?,22?,24?,26-,27?,28?;/m1./s1. The van der Waals surface area contributed by atoms with Gasteiger partial charge in [0.2, 0.25) is 0 Å². The minimum absolute atomic E-state index is 0.0541. The highest BCUT2D eigenvalue weighted by atomic mass is 16.6. The van der Waals surface area contributed by atoms with Gasteiger partial charge in [-0.15, -0.1) is 0 Å². The first-order chi connectivity index (χ1) is 18.1. The van der Waals surface area contributed by atoms with Crippen LogP contribution in [0.4, 0.5) is 0 Å². The minimum Gasteiger partial charge on any atom is -0.463 e. The molecule has 1 saturated carbocycles. The van der Waals surface area contributed by atoms with E-state index in [4.69, 9.17) is 28.8 Å². The molecule has 2 saturated heterocycles. The first-order valence-corrected chi connectivity index (χ1v) is 13.6. The van der Waals surface area contributed by atoms with E-state index in [1.807, 2.05) is 19.9 Å². The van der Waals surface area contributed by atoms with Crippen LogP contribution in [0.25, 0.3) is 0 Å². The Morgan fingerprint density at radius 2 is 1.82 bits per heavy atom. The summed E-state index contributed by atoms with van der Waals surface area (Å²) in [5.74, 6) is -1.41. The van der Waals surface area contributed by atoms with Gasteiger partial charge in [-0.1, -0.05) is 43.7 Å². The van der Waals surface area contributed by atoms with Crippen molar-refractivity contribution in [2.75, 3.05) is 26.9 Å². The minimum atomic E-state index is -1.26. The highest BCUT2D eigenvalue weighted by molar-refractivity contribution is 5.82. The largest absolute Gasteiger partial charge is 0.463 e. The number of carbonyl (C=O) groups is 2. The van der Waals surface area contributed by atoms with Crippen molar-refractivity contribution >= 4 is 11.9 Å². The van der Waals surface area contributed by atoms with E-state index in [2.05, 4.69) is 19.9 Å². The SMILES string of the molecule is CC1=CC2OC3CC4OC(=O)/C=C\C=C\C(C)OCCC(C)C(O)C(=O)OCC2(CC1)[C@]4(C)C31CO1.CO. The van der Waals surface area contributed by atoms with Gasteiger partial charge in [-0.05, 0) is 39.0 Å². The van der Waals surface area contributed by atoms with Crippen molar-refractivity contribution in [2.45, 2.75) is 89.5 Å². The molecule has 8 unspecified atom stereocenters. The number of ether oxygens (including phenoxy) is 5. The van der Waals surface area contributed by atoms with Crippen molar-refractivity contribution in [2.24, 2.45) is 16.7 Å². The quantitative estimate of drug-likeness (QED) is 0.274. The summed E-state index contributed by atoms with van der Waals surface area (Å²) in [5, 5.41) is 17.7. The van der Waals surface area contributed by atoms with Gasteiger partial charge in [0.05, 0.1) is 30.3 Å². The van der Waals surface area contributed by atoms with E-state index in [1.165, 1.54) is 11.6 Å². The van der Waals surface area contributed by atoms with Crippen LogP contribution in [0.15, 0.2) is 36.0 Å². The highest BCUT2D eigenvalue weighted by Gasteiger charge is 2.83. The topological polar surface area (TPSA) is 124 Å². The van der Waals surface area contributed by atoms with E-state index in [0.29, 0.717) is 32.5 Å². The molecule has 9 atom stereocenters. The van der Waals surface area contributed by atoms with Crippen LogP contribution < -0.4 is 0 Å². The first-order valence-electron chi connectivity index (χ1n) is 13.6. The zero-order valence-electron chi connectivity index (χ0n) is 23.1. The number of aliphatic hydroxyl groups is 2. The van der Waals surface area contributed by atoms with Gasteiger partial charge >= 0.3 is 11.9 Å². The average molecular weight is 535 g/mol. The van der Waals surface area contributed by atoms with Crippen LogP contribution in [-0.4, -0.2) is 85.2 Å². The lowest BCUT2D eigenvalue weighted by Gasteiger charge is -2.58. The molecular weight excluding hydrogens is 492 g/mol. The van der Waals surface area contributed by atoms with E-state index in [-0.39, 0.29) is 30.8 Å². The van der Waals surface area contributed by atoms with E-state index < -0.39 is 40.6 Å². The molecule has 3 fully saturated rings. The number of cyclic esters (lactones) is 1. The molecule has 3 aliphatic heterocycles. The predicted molar refractivity (Wildman–Crippen MR) is 138 cm³/mol. The number of hydrogen-bond donors (Lipinski definition) is 2. The first kappa shape index (κ1) is 29.0. The number of carbonyl (C=O) groups excluding carboxylic acids is 2. The Morgan fingerprint density at radius 1 is 1.08 bits per heavy atom. The second-order valence-corrected chi connectivity index (χ2v) is 11.4. The van der Waals surface area contributed by atoms with Crippen molar-refractivity contribution in [3.05, 3.63) is 36.0 Å². The van der Waals surface area contributed by atoms with Crippen LogP contribution >= 0.6 is 0 Å². The summed E-state index contributed by atoms with van der Waals surface area (Å²) in [5.41, 5.74) is -0.649. The van der Waals surface area contributed by atoms with Crippen LogP contribution in [-0.2, 0) is 33.3 Å². The molecule has 9 nitrogen and oxygen atoms in total. The molecule has 38 heavy (non-hydrogen) atoms. The molecule has 2 bridgehead atoms. The van der Waals surface area contributed by atoms with Gasteiger partial charge in [-0.3, -0.25) is 0 Å². The molecule has 2 spiro atoms. The summed E-state index contributed by atoms with van der Waals surface area (Å²) in [6, 6.07) is 0. The zero-order valence-corrected chi connectivity index (χ0v) is 23.1. The maximum Gasteiger partial charge on any atom is 0.335 e. The lowest BCUT2D eigenvalue weighted by Crippen LogP contribution is -2.66. The molecule has 5 rings (SSSR count). The fourth-order valence-corrected chi connectivity index (χ4v) is 6.84. The summed E-state index contributed by atoms with van der Waals surface area (Å²) >= 11 is 0. The number of rotatable bonds is 0. The highest BCUT2D eigenvalue weighted by Crippen LogP contribution is 2.72. The van der Waals surface area contributed by atoms with Gasteiger partial charge in [0.15, 0.2) is 6.10 Å². The van der Waals surface area contributed by atoms with Crippen LogP contribution in [0.1, 0.15) is 53.4 Å². The number of aliphatic hydroxyl groups excluding tert-OH is 2. The third kappa shape index (κ3) is 4.77. The van der Waals surface area contributed by atoms with Gasteiger partial charge in [0, 0.05) is 31.6 Å². The molecule has 0 amide bonds. The lowest BCUT2D eigenvalue weighted by atomic mass is 9.51. The molecule has 212 valence electrons. The van der Waals surface area contributed by atoms with Crippen LogP contribution in [0, 0.1) is 16.7 Å². The van der Waals surface area contributed by atoms with E-state index in [1.54, 1.807) is 12.2 Å². The lowest BCUT2D eigenvalue weighted by molar-refractivity contribution is -0.234. The molecular formula is C29H42O9. The molecule has 2 N–H and O–H groups in total. The average Bonchev–Trinajstić information content (AvgIpc) is 3.68. The van der Waals surface area contributed by atoms with Crippen molar-refractivity contribution in [3.63, 3.8) is 0 Å². The molecule has 3 heterocycles. The third-order valence-electron chi connectivity index (χ3n) is 9.41. The molecule has 0 aromatic rings. The van der Waals surface area contributed by atoms with Crippen molar-refractivity contribution in [1.29, 1.82) is 0 Å². The second kappa shape index (κ2) is 11.2. The predicted octanol–water partition coefficient (Wildman–Crippen LogP) is 2.64. The Bertz CT molecular complexity index is 983. The van der Waals surface area contributed by atoms with Crippen LogP contribution in [0.2, 0.25) is 0 Å². The van der Waals surface area contributed by atoms with Gasteiger partial charge in [-0.2, -0.15) is 0 Å². The van der Waals surface area contributed by atoms with E-state index in [0.717, 1.165) is 13.5 Å². The number of epoxide rings is 1. The monoisotopic (exact) mass is 534 g/mol. The van der Waals surface area contributed by atoms with E-state index >= 15 is 0 Å². The Hall–Kier alpha value is -2.04. The summed E-state index contributed by atoms with van der Waals surface area (Å²) < 4.78 is 30.4. The molecule has 0 radical (unpaired) electrons. The third-order valence-corrected chi connectivity index (χ3v) is 9.41. The maximum atomic E-state index is 13.0. The second-order valence-electron chi connectivity index (χ2n) is 11.4. The van der Waals surface area contributed by atoms with E-state index in [9.17, 15) is 14.7 Å². The Kier molecular flexibility index (Phi) is 8.55. The molecule has 5 aliphatic rings. The van der Waals surface area contributed by atoms with Gasteiger partial charge in [0.1, 0.15) is 18.3 Å². The Labute approximate surface area is 224 Å². The Morgan fingerprint density at radius 3 is 2.53 bits per heavy atom. The summed E-state index contributed by atoms with van der Waals surface area (Å²) in [6.45, 7) is 8.85. The molecule has 0 aromatic heterocycles. The summed E-state index contributed by atoms with van der Waals surface area (Å²) in [4.78, 5) is 25.9. The van der Waals surface area contributed by atoms with Gasteiger partial charge in [0.25, 0.3) is 0 Å². The summed E-state index contributed by atoms with van der Waals surface area (Å²) in [7, 11) is 1.00. The van der Waals surface area contributed by atoms with Crippen molar-refractivity contribution in [1.82, 2.24) is 0 Å². The number of allylic oxidation sites excluding steroid dienone is 3. The normalized spacial score (nSPS) is 46.7. The van der Waals surface area contributed by atoms with Gasteiger partial charge in [-0.25, -0.2) is 9.59 Å². The number of hydrogen-bond acceptors (Lipinski definition) is 9. The maximum absolute atomic E-state index is 13.0. The smallest absolute Gasteiger partial charge is 0.335 e. The zero-order chi connectivity index (χ0) is 27.7. The fraction of sp³-hybridized carbons (Fsp3) is 0.724. The molecule has 2 aliphatic carbocycles. The fourth-order valence-electron chi connectivity index (χ4n) is 6.84. The molecule has 0 aromatic carbocycles. The van der Waals surface area contributed by atoms with Crippen molar-refractivity contribution in [3.8, 4) is 0 Å².